The molecule has 2 amide bonds. The molecular formula is C27H35N5O3S2. The zero-order chi connectivity index (χ0) is 26.5. The van der Waals surface area contributed by atoms with Gasteiger partial charge < -0.3 is 10.6 Å². The van der Waals surface area contributed by atoms with E-state index in [0.717, 1.165) is 24.8 Å². The number of pyridine rings is 1. The van der Waals surface area contributed by atoms with Crippen molar-refractivity contribution in [2.75, 3.05) is 24.5 Å². The highest BCUT2D eigenvalue weighted by Gasteiger charge is 2.33. The molecule has 2 fully saturated rings. The first-order valence-electron chi connectivity index (χ1n) is 13.1. The number of carbonyl (C=O) groups excluding carboxylic acids is 2. The SMILES string of the molecule is CCCCCCCCN1C(=O)C(=Cc2c(N3CCC(C(N)=O)CC3)nc3c(C)cccn3c2=O)SC1=S. The van der Waals surface area contributed by atoms with Gasteiger partial charge in [0.15, 0.2) is 0 Å². The molecule has 2 aromatic heterocycles. The van der Waals surface area contributed by atoms with Gasteiger partial charge in [-0.25, -0.2) is 4.98 Å². The Morgan fingerprint density at radius 3 is 2.59 bits per heavy atom. The predicted molar refractivity (Wildman–Crippen MR) is 154 cm³/mol. The first kappa shape index (κ1) is 27.3. The number of unbranched alkanes of at least 4 members (excludes halogenated alkanes) is 5. The number of nitrogens with two attached hydrogens (primary N) is 1. The zero-order valence-corrected chi connectivity index (χ0v) is 23.2. The van der Waals surface area contributed by atoms with Crippen molar-refractivity contribution in [3.8, 4) is 0 Å². The molecule has 0 bridgehead atoms. The van der Waals surface area contributed by atoms with E-state index < -0.39 is 0 Å². The van der Waals surface area contributed by atoms with Crippen molar-refractivity contribution in [3.05, 3.63) is 44.7 Å². The lowest BCUT2D eigenvalue weighted by atomic mass is 9.96. The summed E-state index contributed by atoms with van der Waals surface area (Å²) in [7, 11) is 0. The Morgan fingerprint density at radius 1 is 1.19 bits per heavy atom. The number of carbonyl (C=O) groups is 2. The van der Waals surface area contributed by atoms with Gasteiger partial charge in [-0.05, 0) is 43.9 Å². The number of nitrogens with zero attached hydrogens (tertiary/aromatic N) is 4. The molecule has 2 aromatic rings. The molecule has 0 unspecified atom stereocenters. The van der Waals surface area contributed by atoms with E-state index in [0.29, 0.717) is 58.7 Å². The Labute approximate surface area is 227 Å². The van der Waals surface area contributed by atoms with E-state index >= 15 is 0 Å². The van der Waals surface area contributed by atoms with E-state index in [4.69, 9.17) is 22.9 Å². The fourth-order valence-corrected chi connectivity index (χ4v) is 6.21. The van der Waals surface area contributed by atoms with Gasteiger partial charge in [0.25, 0.3) is 11.5 Å². The summed E-state index contributed by atoms with van der Waals surface area (Å²) in [6.45, 7) is 5.82. The number of anilines is 1. The first-order chi connectivity index (χ1) is 17.8. The maximum Gasteiger partial charge on any atom is 0.267 e. The Bertz CT molecular complexity index is 1280. The van der Waals surface area contributed by atoms with Gasteiger partial charge in [-0.15, -0.1) is 0 Å². The highest BCUT2D eigenvalue weighted by atomic mass is 32.2. The number of rotatable bonds is 10. The second-order valence-corrected chi connectivity index (χ2v) is 11.5. The third-order valence-electron chi connectivity index (χ3n) is 7.15. The summed E-state index contributed by atoms with van der Waals surface area (Å²) in [6.07, 6.45) is 11.3. The Kier molecular flexibility index (Phi) is 9.02. The van der Waals surface area contributed by atoms with Crippen LogP contribution < -0.4 is 16.2 Å². The van der Waals surface area contributed by atoms with Crippen LogP contribution >= 0.6 is 24.0 Å². The first-order valence-corrected chi connectivity index (χ1v) is 14.4. The largest absolute Gasteiger partial charge is 0.369 e. The number of hydrogen-bond donors (Lipinski definition) is 1. The van der Waals surface area contributed by atoms with Crippen LogP contribution in [0, 0.1) is 12.8 Å². The van der Waals surface area contributed by atoms with Crippen LogP contribution in [-0.2, 0) is 9.59 Å². The molecule has 0 saturated carbocycles. The van der Waals surface area contributed by atoms with Gasteiger partial charge in [0, 0.05) is 31.7 Å². The molecule has 0 atom stereocenters. The highest BCUT2D eigenvalue weighted by Crippen LogP contribution is 2.34. The maximum atomic E-state index is 13.7. The van der Waals surface area contributed by atoms with Crippen LogP contribution in [0.2, 0.25) is 0 Å². The van der Waals surface area contributed by atoms with E-state index in [1.165, 1.54) is 35.4 Å². The number of piperidine rings is 1. The fraction of sp³-hybridized carbons (Fsp3) is 0.519. The minimum atomic E-state index is -0.295. The molecule has 37 heavy (non-hydrogen) atoms. The van der Waals surface area contributed by atoms with Crippen LogP contribution in [0.25, 0.3) is 11.7 Å². The Balaban J connectivity index is 1.63. The lowest BCUT2D eigenvalue weighted by Crippen LogP contribution is -2.40. The summed E-state index contributed by atoms with van der Waals surface area (Å²) in [4.78, 5) is 47.6. The summed E-state index contributed by atoms with van der Waals surface area (Å²) in [5.74, 6) is -0.100. The minimum absolute atomic E-state index is 0.157. The summed E-state index contributed by atoms with van der Waals surface area (Å²) in [5.41, 5.74) is 7.10. The van der Waals surface area contributed by atoms with Crippen molar-refractivity contribution in [2.45, 2.75) is 65.2 Å². The number of thiocarbonyl (C=S) groups is 1. The molecule has 2 aliphatic rings. The van der Waals surface area contributed by atoms with E-state index in [2.05, 4.69) is 6.92 Å². The molecule has 0 aromatic carbocycles. The molecule has 0 radical (unpaired) electrons. The van der Waals surface area contributed by atoms with E-state index in [1.54, 1.807) is 17.2 Å². The highest BCUT2D eigenvalue weighted by molar-refractivity contribution is 8.26. The van der Waals surface area contributed by atoms with Gasteiger partial charge in [-0.3, -0.25) is 23.7 Å². The smallest absolute Gasteiger partial charge is 0.267 e. The second-order valence-electron chi connectivity index (χ2n) is 9.80. The molecule has 8 nitrogen and oxygen atoms in total. The second kappa shape index (κ2) is 12.2. The van der Waals surface area contributed by atoms with Crippen molar-refractivity contribution in [3.63, 3.8) is 0 Å². The topological polar surface area (TPSA) is 101 Å². The van der Waals surface area contributed by atoms with Gasteiger partial charge in [0.1, 0.15) is 15.8 Å². The summed E-state index contributed by atoms with van der Waals surface area (Å²) in [5, 5.41) is 0. The van der Waals surface area contributed by atoms with Gasteiger partial charge in [0.05, 0.1) is 10.5 Å². The number of aromatic nitrogens is 2. The van der Waals surface area contributed by atoms with Crippen molar-refractivity contribution in [2.24, 2.45) is 11.7 Å². The van der Waals surface area contributed by atoms with E-state index in [-0.39, 0.29) is 23.3 Å². The van der Waals surface area contributed by atoms with Gasteiger partial charge in [0.2, 0.25) is 5.91 Å². The fourth-order valence-electron chi connectivity index (χ4n) is 4.92. The number of fused-ring (bicyclic) bond motifs is 1. The van der Waals surface area contributed by atoms with Crippen LogP contribution in [0.4, 0.5) is 5.82 Å². The minimum Gasteiger partial charge on any atom is -0.369 e. The quantitative estimate of drug-likeness (QED) is 0.272. The molecule has 2 N–H and O–H groups in total. The lowest BCUT2D eigenvalue weighted by Gasteiger charge is -2.32. The number of hydrogen-bond acceptors (Lipinski definition) is 7. The average molecular weight is 542 g/mol. The molecule has 4 rings (SSSR count). The van der Waals surface area contributed by atoms with E-state index in [9.17, 15) is 14.4 Å². The number of aryl methyl sites for hydroxylation is 1. The number of thioether (sulfide) groups is 1. The lowest BCUT2D eigenvalue weighted by molar-refractivity contribution is -0.123. The molecule has 198 valence electrons. The van der Waals surface area contributed by atoms with Gasteiger partial charge >= 0.3 is 0 Å². The molecule has 4 heterocycles. The van der Waals surface area contributed by atoms with Crippen molar-refractivity contribution in [1.82, 2.24) is 14.3 Å². The predicted octanol–water partition coefficient (Wildman–Crippen LogP) is 4.27. The van der Waals surface area contributed by atoms with Crippen LogP contribution in [-0.4, -0.2) is 50.1 Å². The summed E-state index contributed by atoms with van der Waals surface area (Å²) < 4.78 is 2.05. The molecule has 2 saturated heterocycles. The van der Waals surface area contributed by atoms with Gasteiger partial charge in [-0.1, -0.05) is 69.1 Å². The van der Waals surface area contributed by atoms with Crippen molar-refractivity contribution >= 4 is 57.7 Å². The van der Waals surface area contributed by atoms with Gasteiger partial charge in [-0.2, -0.15) is 0 Å². The molecule has 0 spiro atoms. The van der Waals surface area contributed by atoms with Crippen molar-refractivity contribution in [1.29, 1.82) is 0 Å². The third kappa shape index (κ3) is 6.06. The average Bonchev–Trinajstić information content (AvgIpc) is 3.15. The van der Waals surface area contributed by atoms with Crippen LogP contribution in [0.15, 0.2) is 28.0 Å². The van der Waals surface area contributed by atoms with Crippen LogP contribution in [0.1, 0.15) is 69.4 Å². The molecule has 10 heteroatoms. The Morgan fingerprint density at radius 2 is 1.89 bits per heavy atom. The summed E-state index contributed by atoms with van der Waals surface area (Å²) in [6, 6.07) is 3.73. The van der Waals surface area contributed by atoms with Crippen molar-refractivity contribution < 1.29 is 9.59 Å². The molecule has 0 aliphatic carbocycles. The number of amides is 2. The van der Waals surface area contributed by atoms with E-state index in [1.807, 2.05) is 24.0 Å². The van der Waals surface area contributed by atoms with Crippen LogP contribution in [0.3, 0.4) is 0 Å². The monoisotopic (exact) mass is 541 g/mol. The maximum absolute atomic E-state index is 13.7. The Hall–Kier alpha value is -2.72. The molecule has 2 aliphatic heterocycles. The standard InChI is InChI=1S/C27H35N5O3S2/c1-3-4-5-6-7-8-13-32-26(35)21(37-27(32)36)17-20-24(30-15-11-19(12-16-30)22(28)33)29-23-18(2)10-9-14-31(23)25(20)34/h9-10,14,17,19H,3-8,11-13,15-16H2,1-2H3,(H2,28,33). The zero-order valence-electron chi connectivity index (χ0n) is 21.6. The normalized spacial score (nSPS) is 17.9. The summed E-state index contributed by atoms with van der Waals surface area (Å²) >= 11 is 6.77. The number of primary amides is 1. The third-order valence-corrected chi connectivity index (χ3v) is 8.52. The molecular weight excluding hydrogens is 506 g/mol. The van der Waals surface area contributed by atoms with Crippen LogP contribution in [0.5, 0.6) is 0 Å².